The summed E-state index contributed by atoms with van der Waals surface area (Å²) in [4.78, 5) is 38.9. The number of thioether (sulfide) groups is 1. The Labute approximate surface area is 154 Å². The van der Waals surface area contributed by atoms with E-state index in [0.717, 1.165) is 6.21 Å². The third-order valence-corrected chi connectivity index (χ3v) is 5.01. The second kappa shape index (κ2) is 12.8. The zero-order valence-electron chi connectivity index (χ0n) is 14.9. The van der Waals surface area contributed by atoms with E-state index in [2.05, 4.69) is 10.1 Å². The molecule has 10 heteroatoms. The van der Waals surface area contributed by atoms with E-state index in [0.29, 0.717) is 12.2 Å². The maximum absolute atomic E-state index is 12.4. The summed E-state index contributed by atoms with van der Waals surface area (Å²) in [7, 11) is -1.38. The lowest BCUT2D eigenvalue weighted by Gasteiger charge is -2.21. The van der Waals surface area contributed by atoms with Crippen LogP contribution in [0, 0.1) is 5.53 Å². The molecule has 0 saturated carbocycles. The smallest absolute Gasteiger partial charge is 0.372 e. The summed E-state index contributed by atoms with van der Waals surface area (Å²) in [5, 5.41) is 1.82. The minimum atomic E-state index is -1.38. The van der Waals surface area contributed by atoms with Gasteiger partial charge < -0.3 is 10.1 Å². The third-order valence-electron chi connectivity index (χ3n) is 3.12. The molecule has 1 amide bonds. The molecule has 0 aromatic heterocycles. The van der Waals surface area contributed by atoms with Crippen molar-refractivity contribution >= 4 is 46.4 Å². The Hall–Kier alpha value is -1.51. The van der Waals surface area contributed by atoms with Crippen LogP contribution in [0.3, 0.4) is 0 Å². The minimum absolute atomic E-state index is 0.0216. The van der Waals surface area contributed by atoms with Crippen LogP contribution in [0.4, 0.5) is 0 Å². The van der Waals surface area contributed by atoms with Gasteiger partial charge in [0.2, 0.25) is 11.7 Å². The topological polar surface area (TPSA) is 127 Å². The molecule has 0 aromatic rings. The number of Topliss-reactive ketones (excluding diaryl/α,β-unsaturated/α-hetero) is 1. The van der Waals surface area contributed by atoms with Crippen LogP contribution in [0.25, 0.3) is 0 Å². The number of ether oxygens (including phenoxy) is 1. The molecule has 0 heterocycles. The normalized spacial score (nSPS) is 14.1. The maximum atomic E-state index is 12.4. The Morgan fingerprint density at radius 2 is 1.96 bits per heavy atom. The first-order valence-corrected chi connectivity index (χ1v) is 10.8. The van der Waals surface area contributed by atoms with Crippen LogP contribution in [-0.4, -0.2) is 68.5 Å². The van der Waals surface area contributed by atoms with E-state index in [4.69, 9.17) is 10.3 Å². The van der Waals surface area contributed by atoms with Crippen LogP contribution in [0.5, 0.6) is 0 Å². The molecule has 0 spiro atoms. The lowest BCUT2D eigenvalue weighted by atomic mass is 10.1. The van der Waals surface area contributed by atoms with Crippen molar-refractivity contribution in [2.45, 2.75) is 50.5 Å². The van der Waals surface area contributed by atoms with Crippen molar-refractivity contribution in [1.82, 2.24) is 5.32 Å². The molecule has 142 valence electrons. The second-order valence-corrected chi connectivity index (χ2v) is 8.13. The van der Waals surface area contributed by atoms with Crippen molar-refractivity contribution in [1.29, 1.82) is 5.53 Å². The largest absolute Gasteiger partial charge is 0.461 e. The minimum Gasteiger partial charge on any atom is -0.461 e. The highest BCUT2D eigenvalue weighted by Gasteiger charge is 2.29. The van der Waals surface area contributed by atoms with E-state index in [9.17, 15) is 18.6 Å². The number of hydrogen-bond donors (Lipinski definition) is 2. The standard InChI is InChI=1S/C15H25N3O5S2/c1-10(2)23-15(21)12(6-5-11(19)9-17-16)18-14(20)13(25(4)22)7-8-24-3/h9-10,12-13,16H,5-8H2,1-4H3/p+1/t12-,13-,25?/m0/s1. The van der Waals surface area contributed by atoms with Crippen molar-refractivity contribution < 1.29 is 28.1 Å². The van der Waals surface area contributed by atoms with E-state index >= 15 is 0 Å². The van der Waals surface area contributed by atoms with Gasteiger partial charge in [0.15, 0.2) is 0 Å². The van der Waals surface area contributed by atoms with E-state index in [-0.39, 0.29) is 18.9 Å². The van der Waals surface area contributed by atoms with Gasteiger partial charge in [-0.05, 0) is 38.7 Å². The Bertz CT molecular complexity index is 547. The average molecular weight is 393 g/mol. The van der Waals surface area contributed by atoms with Gasteiger partial charge in [0, 0.05) is 23.5 Å². The number of amides is 1. The molecule has 3 atom stereocenters. The second-order valence-electron chi connectivity index (χ2n) is 5.58. The lowest BCUT2D eigenvalue weighted by Crippen LogP contribution is -2.48. The van der Waals surface area contributed by atoms with Crippen LogP contribution in [0.15, 0.2) is 0 Å². The van der Waals surface area contributed by atoms with Gasteiger partial charge in [-0.1, -0.05) is 0 Å². The summed E-state index contributed by atoms with van der Waals surface area (Å²) in [6.07, 6.45) is 4.18. The van der Waals surface area contributed by atoms with Crippen LogP contribution < -0.4 is 5.32 Å². The summed E-state index contributed by atoms with van der Waals surface area (Å²) >= 11 is 1.53. The number of ketones is 1. The van der Waals surface area contributed by atoms with Gasteiger partial charge >= 0.3 is 12.2 Å². The Morgan fingerprint density at radius 3 is 2.44 bits per heavy atom. The number of nitrogens with zero attached hydrogens (tertiary/aromatic N) is 1. The number of esters is 1. The highest BCUT2D eigenvalue weighted by Crippen LogP contribution is 2.09. The molecule has 1 unspecified atom stereocenters. The molecule has 0 saturated heterocycles. The van der Waals surface area contributed by atoms with Gasteiger partial charge in [0.1, 0.15) is 11.3 Å². The van der Waals surface area contributed by atoms with Gasteiger partial charge in [0.05, 0.1) is 16.4 Å². The first kappa shape index (κ1) is 23.5. The van der Waals surface area contributed by atoms with Crippen LogP contribution in [0.2, 0.25) is 0 Å². The van der Waals surface area contributed by atoms with E-state index < -0.39 is 39.8 Å². The summed E-state index contributed by atoms with van der Waals surface area (Å²) in [6, 6.07) is -1.02. The third kappa shape index (κ3) is 10.2. The van der Waals surface area contributed by atoms with E-state index in [1.54, 1.807) is 13.8 Å². The average Bonchev–Trinajstić information content (AvgIpc) is 2.50. The molecule has 0 rings (SSSR count). The fourth-order valence-electron chi connectivity index (χ4n) is 1.92. The number of carbonyl (C=O) groups is 3. The molecule has 0 bridgehead atoms. The molecule has 0 aliphatic rings. The predicted molar refractivity (Wildman–Crippen MR) is 97.3 cm³/mol. The van der Waals surface area contributed by atoms with Gasteiger partial charge in [-0.25, -0.2) is 4.79 Å². The molecule has 0 aliphatic heterocycles. The molecule has 0 aliphatic carbocycles. The molecule has 2 N–H and O–H groups in total. The number of nitrogens with one attached hydrogen (secondary N) is 2. The van der Waals surface area contributed by atoms with Crippen molar-refractivity contribution in [3.63, 3.8) is 0 Å². The molecular weight excluding hydrogens is 366 g/mol. The zero-order valence-corrected chi connectivity index (χ0v) is 16.6. The predicted octanol–water partition coefficient (Wildman–Crippen LogP) is 0.582. The maximum Gasteiger partial charge on any atom is 0.372 e. The zero-order chi connectivity index (χ0) is 19.4. The Balaban J connectivity index is 5.07. The fourth-order valence-corrected chi connectivity index (χ4v) is 3.36. The summed E-state index contributed by atoms with van der Waals surface area (Å²) in [6.45, 7) is 3.36. The molecule has 8 nitrogen and oxygen atoms in total. The number of rotatable bonds is 12. The van der Waals surface area contributed by atoms with Crippen LogP contribution >= 0.6 is 11.8 Å². The van der Waals surface area contributed by atoms with Gasteiger partial charge in [-0.2, -0.15) is 11.8 Å². The van der Waals surface area contributed by atoms with Gasteiger partial charge in [-0.3, -0.25) is 13.8 Å². The Kier molecular flexibility index (Phi) is 12.0. The molecule has 0 fully saturated rings. The van der Waals surface area contributed by atoms with Gasteiger partial charge in [-0.15, -0.1) is 0 Å². The van der Waals surface area contributed by atoms with Crippen LogP contribution in [0.1, 0.15) is 33.1 Å². The highest BCUT2D eigenvalue weighted by molar-refractivity contribution is 7.98. The SMILES string of the molecule is CSCC[C@@H](C(=O)N[C@@H](CCC(=O)C=[N+]=N)C(=O)OC(C)C)S(C)=O. The molecule has 25 heavy (non-hydrogen) atoms. The quantitative estimate of drug-likeness (QED) is 0.216. The van der Waals surface area contributed by atoms with E-state index in [1.807, 2.05) is 6.26 Å². The first-order valence-electron chi connectivity index (χ1n) is 7.77. The highest BCUT2D eigenvalue weighted by atomic mass is 32.2. The van der Waals surface area contributed by atoms with Crippen molar-refractivity contribution in [3.05, 3.63) is 0 Å². The molecule has 0 aromatic carbocycles. The van der Waals surface area contributed by atoms with E-state index in [1.165, 1.54) is 18.0 Å². The van der Waals surface area contributed by atoms with Crippen molar-refractivity contribution in [2.24, 2.45) is 0 Å². The van der Waals surface area contributed by atoms with Crippen LogP contribution in [-0.2, 0) is 29.9 Å². The summed E-state index contributed by atoms with van der Waals surface area (Å²) in [5.41, 5.74) is 6.63. The number of hydrogen-bond acceptors (Lipinski definition) is 7. The monoisotopic (exact) mass is 392 g/mol. The molecular formula is C15H26N3O5S2+. The fraction of sp³-hybridized carbons (Fsp3) is 0.733. The van der Waals surface area contributed by atoms with Crippen molar-refractivity contribution in [2.75, 3.05) is 18.3 Å². The summed E-state index contributed by atoms with van der Waals surface area (Å²) in [5.74, 6) is -0.909. The summed E-state index contributed by atoms with van der Waals surface area (Å²) < 4.78 is 16.9. The first-order chi connectivity index (χ1) is 11.7. The lowest BCUT2D eigenvalue weighted by molar-refractivity contribution is -0.151. The number of carbonyl (C=O) groups excluding carboxylic acids is 3. The Morgan fingerprint density at radius 1 is 1.32 bits per heavy atom. The van der Waals surface area contributed by atoms with Crippen molar-refractivity contribution in [3.8, 4) is 0 Å². The van der Waals surface area contributed by atoms with Gasteiger partial charge in [0.25, 0.3) is 0 Å². The molecule has 0 radical (unpaired) electrons.